The van der Waals surface area contributed by atoms with Crippen molar-refractivity contribution in [1.82, 2.24) is 19.9 Å². The second-order valence-corrected chi connectivity index (χ2v) is 5.74. The van der Waals surface area contributed by atoms with Crippen LogP contribution in [-0.4, -0.2) is 47.0 Å². The van der Waals surface area contributed by atoms with Crippen LogP contribution in [-0.2, 0) is 0 Å². The van der Waals surface area contributed by atoms with E-state index in [0.29, 0.717) is 5.82 Å². The van der Waals surface area contributed by atoms with Crippen LogP contribution in [0.2, 0.25) is 0 Å². The number of fused-ring (bicyclic) bond motifs is 1. The fourth-order valence-corrected chi connectivity index (χ4v) is 2.44. The third kappa shape index (κ3) is 3.81. The van der Waals surface area contributed by atoms with Gasteiger partial charge in [0.25, 0.3) is 0 Å². The van der Waals surface area contributed by atoms with Gasteiger partial charge < -0.3 is 10.2 Å². The summed E-state index contributed by atoms with van der Waals surface area (Å²) in [5.74, 6) is 1.58. The first-order valence-corrected chi connectivity index (χ1v) is 7.80. The standard InChI is InChI=1S/C18H21N5/c1-23(2)12-6-11-20-18-15-8-3-4-9-16(15)21-17(22-18)14-7-5-10-19-13-14/h3-5,7-10,13H,6,11-12H2,1-2H3,(H,20,21,22). The molecule has 0 unspecified atom stereocenters. The predicted molar refractivity (Wildman–Crippen MR) is 94.4 cm³/mol. The number of hydrogen-bond acceptors (Lipinski definition) is 5. The van der Waals surface area contributed by atoms with Gasteiger partial charge in [-0.1, -0.05) is 12.1 Å². The van der Waals surface area contributed by atoms with Crippen LogP contribution in [0.25, 0.3) is 22.3 Å². The van der Waals surface area contributed by atoms with Crippen LogP contribution in [0.3, 0.4) is 0 Å². The Hall–Kier alpha value is -2.53. The van der Waals surface area contributed by atoms with Crippen molar-refractivity contribution >= 4 is 16.7 Å². The summed E-state index contributed by atoms with van der Waals surface area (Å²) in [4.78, 5) is 15.7. The molecule has 0 radical (unpaired) electrons. The summed E-state index contributed by atoms with van der Waals surface area (Å²) in [6.45, 7) is 1.93. The molecule has 0 saturated carbocycles. The van der Waals surface area contributed by atoms with E-state index in [2.05, 4.69) is 40.3 Å². The lowest BCUT2D eigenvalue weighted by molar-refractivity contribution is 0.405. The molecule has 118 valence electrons. The lowest BCUT2D eigenvalue weighted by Crippen LogP contribution is -2.16. The van der Waals surface area contributed by atoms with Gasteiger partial charge in [-0.25, -0.2) is 9.97 Å². The molecule has 0 amide bonds. The van der Waals surface area contributed by atoms with Crippen LogP contribution in [0.1, 0.15) is 6.42 Å². The van der Waals surface area contributed by atoms with Gasteiger partial charge in [0.1, 0.15) is 5.82 Å². The Morgan fingerprint density at radius 2 is 1.91 bits per heavy atom. The van der Waals surface area contributed by atoms with Crippen molar-refractivity contribution in [3.8, 4) is 11.4 Å². The number of anilines is 1. The molecule has 0 fully saturated rings. The number of benzene rings is 1. The summed E-state index contributed by atoms with van der Waals surface area (Å²) >= 11 is 0. The van der Waals surface area contributed by atoms with Crippen molar-refractivity contribution in [2.24, 2.45) is 0 Å². The lowest BCUT2D eigenvalue weighted by Gasteiger charge is -2.12. The van der Waals surface area contributed by atoms with Gasteiger partial charge in [-0.3, -0.25) is 4.98 Å². The van der Waals surface area contributed by atoms with E-state index in [4.69, 9.17) is 4.98 Å². The predicted octanol–water partition coefficient (Wildman–Crippen LogP) is 3.06. The Kier molecular flexibility index (Phi) is 4.78. The molecule has 0 aliphatic carbocycles. The topological polar surface area (TPSA) is 53.9 Å². The highest BCUT2D eigenvalue weighted by Gasteiger charge is 2.09. The fourth-order valence-electron chi connectivity index (χ4n) is 2.44. The Morgan fingerprint density at radius 1 is 1.04 bits per heavy atom. The van der Waals surface area contributed by atoms with Crippen molar-refractivity contribution < 1.29 is 0 Å². The summed E-state index contributed by atoms with van der Waals surface area (Å²) in [5, 5.41) is 4.50. The minimum Gasteiger partial charge on any atom is -0.369 e. The van der Waals surface area contributed by atoms with Crippen molar-refractivity contribution in [2.75, 3.05) is 32.5 Å². The van der Waals surface area contributed by atoms with Gasteiger partial charge in [-0.15, -0.1) is 0 Å². The maximum Gasteiger partial charge on any atom is 0.163 e. The molecule has 0 aliphatic heterocycles. The summed E-state index contributed by atoms with van der Waals surface area (Å²) in [5.41, 5.74) is 1.87. The number of pyridine rings is 1. The summed E-state index contributed by atoms with van der Waals surface area (Å²) in [6.07, 6.45) is 4.61. The molecule has 0 spiro atoms. The summed E-state index contributed by atoms with van der Waals surface area (Å²) in [6, 6.07) is 12.0. The van der Waals surface area contributed by atoms with E-state index in [1.165, 1.54) is 0 Å². The second kappa shape index (κ2) is 7.15. The van der Waals surface area contributed by atoms with Crippen LogP contribution < -0.4 is 5.32 Å². The maximum atomic E-state index is 4.71. The van der Waals surface area contributed by atoms with Crippen molar-refractivity contribution in [1.29, 1.82) is 0 Å². The van der Waals surface area contributed by atoms with E-state index in [1.54, 1.807) is 12.4 Å². The normalized spacial score (nSPS) is 11.1. The summed E-state index contributed by atoms with van der Waals surface area (Å²) < 4.78 is 0. The van der Waals surface area contributed by atoms with E-state index >= 15 is 0 Å². The number of para-hydroxylation sites is 1. The molecule has 0 aliphatic rings. The highest BCUT2D eigenvalue weighted by atomic mass is 15.1. The minimum absolute atomic E-state index is 0.701. The molecular weight excluding hydrogens is 286 g/mol. The van der Waals surface area contributed by atoms with E-state index in [0.717, 1.165) is 41.8 Å². The quantitative estimate of drug-likeness (QED) is 0.709. The molecular formula is C18H21N5. The van der Waals surface area contributed by atoms with E-state index in [-0.39, 0.29) is 0 Å². The molecule has 3 aromatic rings. The van der Waals surface area contributed by atoms with Crippen molar-refractivity contribution in [3.05, 3.63) is 48.8 Å². The number of aromatic nitrogens is 3. The molecule has 1 N–H and O–H groups in total. The molecule has 2 aromatic heterocycles. The number of nitrogens with one attached hydrogen (secondary N) is 1. The van der Waals surface area contributed by atoms with Gasteiger partial charge in [0.2, 0.25) is 0 Å². The molecule has 0 bridgehead atoms. The first kappa shape index (κ1) is 15.4. The largest absolute Gasteiger partial charge is 0.369 e. The Balaban J connectivity index is 1.91. The molecule has 5 heteroatoms. The average molecular weight is 307 g/mol. The first-order valence-electron chi connectivity index (χ1n) is 7.80. The highest BCUT2D eigenvalue weighted by molar-refractivity contribution is 5.90. The van der Waals surface area contributed by atoms with Crippen molar-refractivity contribution in [2.45, 2.75) is 6.42 Å². The second-order valence-electron chi connectivity index (χ2n) is 5.74. The number of rotatable bonds is 6. The molecule has 23 heavy (non-hydrogen) atoms. The first-order chi connectivity index (χ1) is 11.2. The number of nitrogens with zero attached hydrogens (tertiary/aromatic N) is 4. The SMILES string of the molecule is CN(C)CCCNc1nc(-c2cccnc2)nc2ccccc12. The van der Waals surface area contributed by atoms with Crippen LogP contribution in [0.4, 0.5) is 5.82 Å². The summed E-state index contributed by atoms with van der Waals surface area (Å²) in [7, 11) is 4.17. The number of hydrogen-bond donors (Lipinski definition) is 1. The van der Waals surface area contributed by atoms with Gasteiger partial charge in [0.15, 0.2) is 5.82 Å². The lowest BCUT2D eigenvalue weighted by atomic mass is 10.2. The molecule has 5 nitrogen and oxygen atoms in total. The zero-order valence-electron chi connectivity index (χ0n) is 13.5. The monoisotopic (exact) mass is 307 g/mol. The zero-order valence-corrected chi connectivity index (χ0v) is 13.5. The van der Waals surface area contributed by atoms with Crippen LogP contribution >= 0.6 is 0 Å². The average Bonchev–Trinajstić information content (AvgIpc) is 2.59. The van der Waals surface area contributed by atoms with E-state index < -0.39 is 0 Å². The van der Waals surface area contributed by atoms with Crippen molar-refractivity contribution in [3.63, 3.8) is 0 Å². The molecule has 3 rings (SSSR count). The molecule has 1 aromatic carbocycles. The van der Waals surface area contributed by atoms with E-state index in [1.807, 2.05) is 30.3 Å². The molecule has 0 atom stereocenters. The third-order valence-corrected chi connectivity index (χ3v) is 3.60. The van der Waals surface area contributed by atoms with Gasteiger partial charge in [0.05, 0.1) is 5.52 Å². The van der Waals surface area contributed by atoms with Gasteiger partial charge in [0, 0.05) is 29.9 Å². The van der Waals surface area contributed by atoms with Crippen LogP contribution in [0.15, 0.2) is 48.8 Å². The smallest absolute Gasteiger partial charge is 0.163 e. The Labute approximate surface area is 136 Å². The Bertz CT molecular complexity index is 771. The van der Waals surface area contributed by atoms with E-state index in [9.17, 15) is 0 Å². The van der Waals surface area contributed by atoms with Gasteiger partial charge in [-0.2, -0.15) is 0 Å². The Morgan fingerprint density at radius 3 is 2.70 bits per heavy atom. The maximum absolute atomic E-state index is 4.71. The highest BCUT2D eigenvalue weighted by Crippen LogP contribution is 2.24. The molecule has 0 saturated heterocycles. The van der Waals surface area contributed by atoms with Gasteiger partial charge in [-0.05, 0) is 51.3 Å². The fraction of sp³-hybridized carbons (Fsp3) is 0.278. The molecule has 2 heterocycles. The van der Waals surface area contributed by atoms with Crippen LogP contribution in [0, 0.1) is 0 Å². The zero-order chi connectivity index (χ0) is 16.1. The van der Waals surface area contributed by atoms with Gasteiger partial charge >= 0.3 is 0 Å². The third-order valence-electron chi connectivity index (χ3n) is 3.60. The van der Waals surface area contributed by atoms with Crippen LogP contribution in [0.5, 0.6) is 0 Å². The minimum atomic E-state index is 0.701.